The number of rotatable bonds is 3. The van der Waals surface area contributed by atoms with Gasteiger partial charge in [-0.05, 0) is 38.5 Å². The number of carbonyl (C=O) groups is 1. The SMILES string of the molecule is Cc1ncc(CC2(C=O)CCC(C)C2)s1. The standard InChI is InChI=1S/C12H17NOS/c1-9-3-4-12(5-9,8-14)6-11-7-13-10(2)15-11/h7-9H,3-6H2,1-2H3. The molecule has 15 heavy (non-hydrogen) atoms. The first kappa shape index (κ1) is 10.8. The second-order valence-electron chi connectivity index (χ2n) is 4.85. The van der Waals surface area contributed by atoms with Crippen molar-refractivity contribution < 1.29 is 4.79 Å². The van der Waals surface area contributed by atoms with Crippen molar-refractivity contribution in [3.05, 3.63) is 16.1 Å². The monoisotopic (exact) mass is 223 g/mol. The van der Waals surface area contributed by atoms with Crippen molar-refractivity contribution in [2.75, 3.05) is 0 Å². The van der Waals surface area contributed by atoms with Crippen LogP contribution in [0.1, 0.15) is 36.1 Å². The van der Waals surface area contributed by atoms with Crippen LogP contribution in [0.15, 0.2) is 6.20 Å². The number of aryl methyl sites for hydroxylation is 1. The van der Waals surface area contributed by atoms with Gasteiger partial charge in [0.05, 0.1) is 5.01 Å². The highest BCUT2D eigenvalue weighted by Crippen LogP contribution is 2.43. The number of carbonyl (C=O) groups excluding carboxylic acids is 1. The zero-order valence-electron chi connectivity index (χ0n) is 9.32. The summed E-state index contributed by atoms with van der Waals surface area (Å²) in [6.45, 7) is 4.25. The van der Waals surface area contributed by atoms with E-state index in [0.29, 0.717) is 5.92 Å². The summed E-state index contributed by atoms with van der Waals surface area (Å²) >= 11 is 1.72. The van der Waals surface area contributed by atoms with Gasteiger partial charge in [-0.25, -0.2) is 4.98 Å². The third-order valence-electron chi connectivity index (χ3n) is 3.34. The number of hydrogen-bond donors (Lipinski definition) is 0. The molecule has 1 aromatic heterocycles. The number of nitrogens with zero attached hydrogens (tertiary/aromatic N) is 1. The minimum absolute atomic E-state index is 0.0849. The molecule has 0 saturated heterocycles. The maximum atomic E-state index is 11.3. The molecule has 0 bridgehead atoms. The predicted octanol–water partition coefficient (Wildman–Crippen LogP) is 3.00. The molecule has 0 N–H and O–H groups in total. The molecule has 0 aromatic carbocycles. The summed E-state index contributed by atoms with van der Waals surface area (Å²) in [7, 11) is 0. The van der Waals surface area contributed by atoms with E-state index in [0.717, 1.165) is 24.3 Å². The average molecular weight is 223 g/mol. The Morgan fingerprint density at radius 2 is 2.53 bits per heavy atom. The van der Waals surface area contributed by atoms with Gasteiger partial charge >= 0.3 is 0 Å². The van der Waals surface area contributed by atoms with E-state index in [9.17, 15) is 4.79 Å². The minimum atomic E-state index is -0.0849. The molecule has 2 atom stereocenters. The van der Waals surface area contributed by atoms with Crippen LogP contribution in [0, 0.1) is 18.3 Å². The van der Waals surface area contributed by atoms with Gasteiger partial charge in [0, 0.05) is 16.5 Å². The quantitative estimate of drug-likeness (QED) is 0.737. The lowest BCUT2D eigenvalue weighted by atomic mass is 9.83. The lowest BCUT2D eigenvalue weighted by molar-refractivity contribution is -0.116. The van der Waals surface area contributed by atoms with Crippen molar-refractivity contribution >= 4 is 17.6 Å². The maximum absolute atomic E-state index is 11.3. The molecule has 1 aliphatic rings. The molecule has 2 rings (SSSR count). The van der Waals surface area contributed by atoms with E-state index >= 15 is 0 Å². The summed E-state index contributed by atoms with van der Waals surface area (Å²) < 4.78 is 0. The van der Waals surface area contributed by atoms with Gasteiger partial charge in [0.2, 0.25) is 0 Å². The molecular weight excluding hydrogens is 206 g/mol. The topological polar surface area (TPSA) is 30.0 Å². The number of aromatic nitrogens is 1. The molecule has 1 aliphatic carbocycles. The molecule has 2 nitrogen and oxygen atoms in total. The first-order valence-electron chi connectivity index (χ1n) is 5.51. The molecule has 1 saturated carbocycles. The molecule has 82 valence electrons. The first-order chi connectivity index (χ1) is 7.13. The van der Waals surface area contributed by atoms with Crippen LogP contribution in [-0.4, -0.2) is 11.3 Å². The molecule has 3 heteroatoms. The summed E-state index contributed by atoms with van der Waals surface area (Å²) in [4.78, 5) is 16.8. The maximum Gasteiger partial charge on any atom is 0.126 e. The molecular formula is C12H17NOS. The molecule has 2 unspecified atom stereocenters. The largest absolute Gasteiger partial charge is 0.303 e. The molecule has 0 radical (unpaired) electrons. The van der Waals surface area contributed by atoms with Gasteiger partial charge in [-0.2, -0.15) is 0 Å². The summed E-state index contributed by atoms with van der Waals surface area (Å²) in [5.74, 6) is 0.698. The lowest BCUT2D eigenvalue weighted by Crippen LogP contribution is -2.21. The van der Waals surface area contributed by atoms with Gasteiger partial charge in [0.15, 0.2) is 0 Å². The fourth-order valence-corrected chi connectivity index (χ4v) is 3.53. The Morgan fingerprint density at radius 1 is 1.73 bits per heavy atom. The lowest BCUT2D eigenvalue weighted by Gasteiger charge is -2.20. The number of hydrogen-bond acceptors (Lipinski definition) is 3. The van der Waals surface area contributed by atoms with Gasteiger partial charge in [-0.3, -0.25) is 0 Å². The van der Waals surface area contributed by atoms with Crippen LogP contribution >= 0.6 is 11.3 Å². The summed E-state index contributed by atoms with van der Waals surface area (Å²) in [6.07, 6.45) is 7.30. The van der Waals surface area contributed by atoms with Crippen LogP contribution in [-0.2, 0) is 11.2 Å². The van der Waals surface area contributed by atoms with Crippen molar-refractivity contribution in [2.45, 2.75) is 39.5 Å². The third kappa shape index (κ3) is 2.28. The Hall–Kier alpha value is -0.700. The van der Waals surface area contributed by atoms with Crippen LogP contribution in [0.2, 0.25) is 0 Å². The van der Waals surface area contributed by atoms with Crippen molar-refractivity contribution in [1.29, 1.82) is 0 Å². The zero-order chi connectivity index (χ0) is 10.9. The molecule has 0 aliphatic heterocycles. The molecule has 0 amide bonds. The van der Waals surface area contributed by atoms with Gasteiger partial charge < -0.3 is 4.79 Å². The number of thiazole rings is 1. The van der Waals surface area contributed by atoms with Crippen molar-refractivity contribution in [2.24, 2.45) is 11.3 Å². The highest BCUT2D eigenvalue weighted by Gasteiger charge is 2.37. The van der Waals surface area contributed by atoms with Gasteiger partial charge in [0.1, 0.15) is 6.29 Å². The smallest absolute Gasteiger partial charge is 0.126 e. The Balaban J connectivity index is 2.12. The van der Waals surface area contributed by atoms with E-state index in [2.05, 4.69) is 11.9 Å². The van der Waals surface area contributed by atoms with E-state index in [4.69, 9.17) is 0 Å². The van der Waals surface area contributed by atoms with E-state index in [1.807, 2.05) is 13.1 Å². The molecule has 1 heterocycles. The second kappa shape index (κ2) is 4.05. The second-order valence-corrected chi connectivity index (χ2v) is 6.17. The third-order valence-corrected chi connectivity index (χ3v) is 4.25. The Bertz CT molecular complexity index is 360. The van der Waals surface area contributed by atoms with E-state index in [-0.39, 0.29) is 5.41 Å². The molecule has 0 spiro atoms. The summed E-state index contributed by atoms with van der Waals surface area (Å²) in [6, 6.07) is 0. The van der Waals surface area contributed by atoms with E-state index < -0.39 is 0 Å². The van der Waals surface area contributed by atoms with Crippen LogP contribution in [0.3, 0.4) is 0 Å². The van der Waals surface area contributed by atoms with Crippen molar-refractivity contribution in [3.63, 3.8) is 0 Å². The van der Waals surface area contributed by atoms with Crippen molar-refractivity contribution in [1.82, 2.24) is 4.98 Å². The van der Waals surface area contributed by atoms with Gasteiger partial charge in [-0.1, -0.05) is 6.92 Å². The summed E-state index contributed by atoms with van der Waals surface area (Å²) in [5, 5.41) is 1.09. The Labute approximate surface area is 94.7 Å². The van der Waals surface area contributed by atoms with Crippen LogP contribution < -0.4 is 0 Å². The molecule has 1 fully saturated rings. The fourth-order valence-electron chi connectivity index (χ4n) is 2.58. The minimum Gasteiger partial charge on any atom is -0.303 e. The highest BCUT2D eigenvalue weighted by molar-refractivity contribution is 7.11. The summed E-state index contributed by atoms with van der Waals surface area (Å²) in [5.41, 5.74) is -0.0849. The Morgan fingerprint density at radius 3 is 3.00 bits per heavy atom. The predicted molar refractivity (Wildman–Crippen MR) is 62.1 cm³/mol. The van der Waals surface area contributed by atoms with Gasteiger partial charge in [-0.15, -0.1) is 11.3 Å². The van der Waals surface area contributed by atoms with Crippen LogP contribution in [0.25, 0.3) is 0 Å². The highest BCUT2D eigenvalue weighted by atomic mass is 32.1. The number of aldehydes is 1. The van der Waals surface area contributed by atoms with Crippen LogP contribution in [0.4, 0.5) is 0 Å². The zero-order valence-corrected chi connectivity index (χ0v) is 10.1. The fraction of sp³-hybridized carbons (Fsp3) is 0.667. The molecule has 1 aromatic rings. The first-order valence-corrected chi connectivity index (χ1v) is 6.33. The normalized spacial score (nSPS) is 30.7. The van der Waals surface area contributed by atoms with E-state index in [1.54, 1.807) is 11.3 Å². The van der Waals surface area contributed by atoms with Gasteiger partial charge in [0.25, 0.3) is 0 Å². The van der Waals surface area contributed by atoms with Crippen molar-refractivity contribution in [3.8, 4) is 0 Å². The average Bonchev–Trinajstić information content (AvgIpc) is 2.75. The Kier molecular flexibility index (Phi) is 2.91. The van der Waals surface area contributed by atoms with Crippen LogP contribution in [0.5, 0.6) is 0 Å². The van der Waals surface area contributed by atoms with E-state index in [1.165, 1.54) is 17.6 Å².